The van der Waals surface area contributed by atoms with E-state index < -0.39 is 0 Å². The first-order valence-corrected chi connectivity index (χ1v) is 5.10. The van der Waals surface area contributed by atoms with E-state index in [1.807, 2.05) is 20.8 Å². The molecule has 0 bridgehead atoms. The molecule has 1 atom stereocenters. The Morgan fingerprint density at radius 1 is 1.57 bits per heavy atom. The molecule has 1 N–H and O–H groups in total. The Labute approximate surface area is 84.7 Å². The Morgan fingerprint density at radius 3 is 2.79 bits per heavy atom. The quantitative estimate of drug-likeness (QED) is 0.669. The monoisotopic (exact) mass is 198 g/mol. The number of amidine groups is 1. The van der Waals surface area contributed by atoms with Crippen LogP contribution in [0.1, 0.15) is 27.2 Å². The molecule has 0 fully saturated rings. The number of rotatable bonds is 5. The van der Waals surface area contributed by atoms with Crippen LogP contribution in [0, 0.1) is 5.92 Å². The minimum absolute atomic E-state index is 0.0199. The number of carbonyl (C=O) groups is 1. The third-order valence-electron chi connectivity index (χ3n) is 2.15. The van der Waals surface area contributed by atoms with E-state index in [0.717, 1.165) is 5.84 Å². The van der Waals surface area contributed by atoms with E-state index in [2.05, 4.69) is 10.3 Å². The van der Waals surface area contributed by atoms with Gasteiger partial charge in [-0.2, -0.15) is 0 Å². The van der Waals surface area contributed by atoms with Crippen molar-refractivity contribution in [2.75, 3.05) is 13.2 Å². The molecular formula is C10H18N2O2. The summed E-state index contributed by atoms with van der Waals surface area (Å²) in [6.07, 6.45) is 0.697. The highest BCUT2D eigenvalue weighted by molar-refractivity contribution is 6.05. The molecule has 1 unspecified atom stereocenters. The lowest BCUT2D eigenvalue weighted by molar-refractivity contribution is -0.120. The van der Waals surface area contributed by atoms with Crippen molar-refractivity contribution in [1.82, 2.24) is 5.32 Å². The van der Waals surface area contributed by atoms with Gasteiger partial charge in [0.05, 0.1) is 6.61 Å². The average Bonchev–Trinajstić information content (AvgIpc) is 2.47. The fourth-order valence-electron chi connectivity index (χ4n) is 1.37. The lowest BCUT2D eigenvalue weighted by Crippen LogP contribution is -2.31. The minimum atomic E-state index is -0.202. The zero-order valence-corrected chi connectivity index (χ0v) is 9.04. The van der Waals surface area contributed by atoms with Crippen molar-refractivity contribution in [3.8, 4) is 0 Å². The summed E-state index contributed by atoms with van der Waals surface area (Å²) in [4.78, 5) is 15.7. The van der Waals surface area contributed by atoms with Gasteiger partial charge in [-0.15, -0.1) is 0 Å². The highest BCUT2D eigenvalue weighted by atomic mass is 16.5. The molecule has 0 radical (unpaired) electrons. The number of hydrogen-bond donors (Lipinski definition) is 1. The Bertz CT molecular complexity index is 236. The van der Waals surface area contributed by atoms with Gasteiger partial charge < -0.3 is 10.1 Å². The highest BCUT2D eigenvalue weighted by Gasteiger charge is 2.28. The van der Waals surface area contributed by atoms with E-state index in [4.69, 9.17) is 4.74 Å². The Balaban J connectivity index is 2.41. The molecule has 1 amide bonds. The van der Waals surface area contributed by atoms with Crippen LogP contribution in [0.5, 0.6) is 0 Å². The molecule has 1 aliphatic rings. The molecule has 14 heavy (non-hydrogen) atoms. The van der Waals surface area contributed by atoms with Gasteiger partial charge in [0, 0.05) is 13.0 Å². The molecule has 1 heterocycles. The molecule has 1 rings (SSSR count). The lowest BCUT2D eigenvalue weighted by Gasteiger charge is -2.06. The molecule has 4 heteroatoms. The minimum Gasteiger partial charge on any atom is -0.381 e. The fourth-order valence-corrected chi connectivity index (χ4v) is 1.37. The molecular weight excluding hydrogens is 180 g/mol. The molecule has 1 aliphatic heterocycles. The maximum atomic E-state index is 11.4. The second-order valence-corrected chi connectivity index (χ2v) is 3.70. The van der Waals surface area contributed by atoms with E-state index >= 15 is 0 Å². The summed E-state index contributed by atoms with van der Waals surface area (Å²) in [6, 6.07) is -0.202. The largest absolute Gasteiger partial charge is 0.381 e. The number of nitrogens with zero attached hydrogens (tertiary/aromatic N) is 1. The van der Waals surface area contributed by atoms with Crippen LogP contribution in [0.15, 0.2) is 4.99 Å². The molecule has 0 aromatic carbocycles. The van der Waals surface area contributed by atoms with Gasteiger partial charge in [0.1, 0.15) is 11.9 Å². The number of aliphatic imine (C=N–C) groups is 1. The molecule has 0 saturated carbocycles. The number of ether oxygens (including phenoxy) is 1. The van der Waals surface area contributed by atoms with Gasteiger partial charge in [0.25, 0.3) is 0 Å². The number of amides is 1. The van der Waals surface area contributed by atoms with Crippen molar-refractivity contribution in [2.45, 2.75) is 33.2 Å². The maximum absolute atomic E-state index is 11.4. The van der Waals surface area contributed by atoms with Crippen molar-refractivity contribution in [2.24, 2.45) is 10.9 Å². The smallest absolute Gasteiger partial charge is 0.250 e. The predicted octanol–water partition coefficient (Wildman–Crippen LogP) is 0.966. The summed E-state index contributed by atoms with van der Waals surface area (Å²) in [7, 11) is 0. The van der Waals surface area contributed by atoms with Gasteiger partial charge in [-0.3, -0.25) is 9.79 Å². The number of hydrogen-bond acceptors (Lipinski definition) is 3. The van der Waals surface area contributed by atoms with Crippen LogP contribution in [-0.2, 0) is 9.53 Å². The second kappa shape index (κ2) is 5.10. The zero-order valence-electron chi connectivity index (χ0n) is 9.04. The average molecular weight is 198 g/mol. The van der Waals surface area contributed by atoms with Crippen molar-refractivity contribution in [3.05, 3.63) is 0 Å². The second-order valence-electron chi connectivity index (χ2n) is 3.70. The Morgan fingerprint density at radius 2 is 2.29 bits per heavy atom. The van der Waals surface area contributed by atoms with E-state index in [1.165, 1.54) is 0 Å². The Kier molecular flexibility index (Phi) is 4.07. The number of carbonyl (C=O) groups excluding carboxylic acids is 1. The first-order chi connectivity index (χ1) is 6.65. The lowest BCUT2D eigenvalue weighted by atomic mass is 10.1. The van der Waals surface area contributed by atoms with E-state index in [1.54, 1.807) is 0 Å². The first-order valence-electron chi connectivity index (χ1n) is 5.10. The predicted molar refractivity (Wildman–Crippen MR) is 55.3 cm³/mol. The van der Waals surface area contributed by atoms with Crippen molar-refractivity contribution in [1.29, 1.82) is 0 Å². The third kappa shape index (κ3) is 2.80. The number of nitrogens with one attached hydrogen (secondary N) is 1. The maximum Gasteiger partial charge on any atom is 0.250 e. The topological polar surface area (TPSA) is 50.7 Å². The molecule has 0 aliphatic carbocycles. The summed E-state index contributed by atoms with van der Waals surface area (Å²) in [6.45, 7) is 7.28. The normalized spacial score (nSPS) is 21.3. The molecule has 4 nitrogen and oxygen atoms in total. The van der Waals surface area contributed by atoms with E-state index in [0.29, 0.717) is 19.6 Å². The van der Waals surface area contributed by atoms with E-state index in [-0.39, 0.29) is 17.9 Å². The van der Waals surface area contributed by atoms with Crippen molar-refractivity contribution >= 4 is 11.7 Å². The van der Waals surface area contributed by atoms with Gasteiger partial charge in [-0.1, -0.05) is 13.8 Å². The summed E-state index contributed by atoms with van der Waals surface area (Å²) in [5.74, 6) is 1.05. The summed E-state index contributed by atoms with van der Waals surface area (Å²) in [5, 5.41) is 2.78. The molecule has 0 saturated heterocycles. The molecule has 0 spiro atoms. The highest BCUT2D eigenvalue weighted by Crippen LogP contribution is 2.12. The summed E-state index contributed by atoms with van der Waals surface area (Å²) < 4.78 is 5.19. The standard InChI is InChI=1S/C10H18N2O2/c1-4-14-6-5-8-11-9(7(2)3)10(13)12-8/h7,9H,4-6H2,1-3H3,(H,11,12,13). The van der Waals surface area contributed by atoms with Crippen LogP contribution in [0.4, 0.5) is 0 Å². The van der Waals surface area contributed by atoms with Crippen molar-refractivity contribution in [3.63, 3.8) is 0 Å². The van der Waals surface area contributed by atoms with E-state index in [9.17, 15) is 4.79 Å². The zero-order chi connectivity index (χ0) is 10.6. The van der Waals surface area contributed by atoms with Crippen LogP contribution in [0.25, 0.3) is 0 Å². The van der Waals surface area contributed by atoms with Crippen LogP contribution < -0.4 is 5.32 Å². The summed E-state index contributed by atoms with van der Waals surface area (Å²) in [5.41, 5.74) is 0. The fraction of sp³-hybridized carbons (Fsp3) is 0.800. The molecule has 80 valence electrons. The van der Waals surface area contributed by atoms with Gasteiger partial charge in [-0.05, 0) is 12.8 Å². The van der Waals surface area contributed by atoms with Gasteiger partial charge in [-0.25, -0.2) is 0 Å². The van der Waals surface area contributed by atoms with Gasteiger partial charge in [0.2, 0.25) is 5.91 Å². The molecule has 0 aromatic rings. The van der Waals surface area contributed by atoms with Crippen LogP contribution >= 0.6 is 0 Å². The first kappa shape index (κ1) is 11.2. The summed E-state index contributed by atoms with van der Waals surface area (Å²) >= 11 is 0. The van der Waals surface area contributed by atoms with Crippen LogP contribution in [0.3, 0.4) is 0 Å². The van der Waals surface area contributed by atoms with Crippen LogP contribution in [-0.4, -0.2) is 31.0 Å². The van der Waals surface area contributed by atoms with Gasteiger partial charge >= 0.3 is 0 Å². The third-order valence-corrected chi connectivity index (χ3v) is 2.15. The van der Waals surface area contributed by atoms with Gasteiger partial charge in [0.15, 0.2) is 0 Å². The van der Waals surface area contributed by atoms with Crippen LogP contribution in [0.2, 0.25) is 0 Å². The van der Waals surface area contributed by atoms with Crippen molar-refractivity contribution < 1.29 is 9.53 Å². The molecule has 0 aromatic heterocycles. The SMILES string of the molecule is CCOCCC1=NC(C(C)C)C(=O)N1. The Hall–Kier alpha value is -0.900.